The van der Waals surface area contributed by atoms with Gasteiger partial charge in [0.2, 0.25) is 5.95 Å². The van der Waals surface area contributed by atoms with Crippen LogP contribution in [0.2, 0.25) is 0 Å². The van der Waals surface area contributed by atoms with Gasteiger partial charge in [0.05, 0.1) is 30.5 Å². The molecule has 2 fully saturated rings. The third-order valence-electron chi connectivity index (χ3n) is 6.39. The van der Waals surface area contributed by atoms with Gasteiger partial charge < -0.3 is 15.0 Å². The van der Waals surface area contributed by atoms with Crippen LogP contribution in [0.15, 0.2) is 48.8 Å². The molecule has 1 N–H and O–H groups in total. The van der Waals surface area contributed by atoms with E-state index in [4.69, 9.17) is 4.74 Å². The summed E-state index contributed by atoms with van der Waals surface area (Å²) in [5, 5.41) is 7.56. The largest absolute Gasteiger partial charge is 0.416 e. The maximum Gasteiger partial charge on any atom is 0.416 e. The number of nitrogens with one attached hydrogen (secondary N) is 1. The first-order valence-corrected chi connectivity index (χ1v) is 11.5. The van der Waals surface area contributed by atoms with Crippen LogP contribution < -0.4 is 10.2 Å². The first kappa shape index (κ1) is 22.7. The molecule has 7 nitrogen and oxygen atoms in total. The number of aryl methyl sites for hydroxylation is 1. The second-order valence-corrected chi connectivity index (χ2v) is 8.64. The molecule has 0 aliphatic carbocycles. The van der Waals surface area contributed by atoms with Crippen LogP contribution in [0.4, 0.5) is 30.5 Å². The number of anilines is 3. The fourth-order valence-electron chi connectivity index (χ4n) is 4.31. The van der Waals surface area contributed by atoms with Gasteiger partial charge in [0, 0.05) is 37.6 Å². The summed E-state index contributed by atoms with van der Waals surface area (Å²) in [6, 6.07) is 11.9. The minimum Gasteiger partial charge on any atom is -0.378 e. The van der Waals surface area contributed by atoms with Crippen LogP contribution in [0.3, 0.4) is 0 Å². The van der Waals surface area contributed by atoms with Crippen molar-refractivity contribution in [3.05, 3.63) is 59.9 Å². The monoisotopic (exact) mass is 472 g/mol. The minimum atomic E-state index is -4.41. The summed E-state index contributed by atoms with van der Waals surface area (Å²) in [5.41, 5.74) is 2.76. The molecule has 0 unspecified atom stereocenters. The van der Waals surface area contributed by atoms with Crippen molar-refractivity contribution in [3.63, 3.8) is 0 Å². The molecule has 180 valence electrons. The normalized spacial score (nSPS) is 17.6. The lowest BCUT2D eigenvalue weighted by molar-refractivity contribution is -0.137. The zero-order valence-corrected chi connectivity index (χ0v) is 18.9. The molecule has 2 aliphatic heterocycles. The van der Waals surface area contributed by atoms with E-state index in [1.165, 1.54) is 22.6 Å². The average Bonchev–Trinajstić information content (AvgIpc) is 3.26. The van der Waals surface area contributed by atoms with Crippen LogP contribution in [0, 0.1) is 0 Å². The van der Waals surface area contributed by atoms with E-state index >= 15 is 0 Å². The van der Waals surface area contributed by atoms with E-state index in [1.807, 2.05) is 0 Å². The van der Waals surface area contributed by atoms with Crippen molar-refractivity contribution in [2.45, 2.75) is 25.6 Å². The van der Waals surface area contributed by atoms with Crippen molar-refractivity contribution >= 4 is 17.3 Å². The number of hydrogen-bond donors (Lipinski definition) is 1. The van der Waals surface area contributed by atoms with E-state index in [1.54, 1.807) is 6.07 Å². The van der Waals surface area contributed by atoms with Gasteiger partial charge in [-0.2, -0.15) is 18.2 Å². The number of benzene rings is 2. The highest BCUT2D eigenvalue weighted by atomic mass is 19.4. The van der Waals surface area contributed by atoms with Crippen molar-refractivity contribution in [1.82, 2.24) is 19.7 Å². The second-order valence-electron chi connectivity index (χ2n) is 8.64. The van der Waals surface area contributed by atoms with Crippen LogP contribution in [0.1, 0.15) is 18.1 Å². The number of aromatic nitrogens is 3. The molecule has 5 rings (SSSR count). The van der Waals surface area contributed by atoms with E-state index in [0.717, 1.165) is 69.3 Å². The Labute approximate surface area is 196 Å². The summed E-state index contributed by atoms with van der Waals surface area (Å²) < 4.78 is 45.8. The second kappa shape index (κ2) is 9.27. The number of nitrogens with zero attached hydrogens (tertiary/aromatic N) is 5. The first-order valence-electron chi connectivity index (χ1n) is 11.5. The van der Waals surface area contributed by atoms with E-state index in [2.05, 4.69) is 50.3 Å². The highest BCUT2D eigenvalue weighted by Crippen LogP contribution is 2.30. The van der Waals surface area contributed by atoms with Crippen LogP contribution in [0.25, 0.3) is 5.69 Å². The number of rotatable bonds is 6. The first-order chi connectivity index (χ1) is 16.4. The summed E-state index contributed by atoms with van der Waals surface area (Å²) in [6.07, 6.45) is -2.12. The zero-order valence-electron chi connectivity index (χ0n) is 18.9. The fraction of sp³-hybridized carbons (Fsp3) is 0.417. The van der Waals surface area contributed by atoms with Gasteiger partial charge in [-0.3, -0.25) is 4.90 Å². The molecule has 34 heavy (non-hydrogen) atoms. The van der Waals surface area contributed by atoms with Crippen molar-refractivity contribution in [2.75, 3.05) is 49.6 Å². The Balaban J connectivity index is 1.31. The molecular weight excluding hydrogens is 445 g/mol. The third kappa shape index (κ3) is 4.88. The Morgan fingerprint density at radius 1 is 1.03 bits per heavy atom. The molecule has 0 spiro atoms. The Kier molecular flexibility index (Phi) is 6.18. The Morgan fingerprint density at radius 2 is 1.82 bits per heavy atom. The van der Waals surface area contributed by atoms with Crippen LogP contribution in [-0.4, -0.2) is 65.1 Å². The summed E-state index contributed by atoms with van der Waals surface area (Å²) in [6.45, 7) is 7.69. The number of piperazine rings is 1. The smallest absolute Gasteiger partial charge is 0.378 e. The van der Waals surface area contributed by atoms with Crippen LogP contribution >= 0.6 is 0 Å². The molecular formula is C24H27F3N6O. The van der Waals surface area contributed by atoms with E-state index < -0.39 is 11.7 Å². The number of alkyl halides is 3. The van der Waals surface area contributed by atoms with Gasteiger partial charge in [-0.15, -0.1) is 5.10 Å². The van der Waals surface area contributed by atoms with Crippen LogP contribution in [0.5, 0.6) is 0 Å². The fourth-order valence-corrected chi connectivity index (χ4v) is 4.31. The maximum absolute atomic E-state index is 13.1. The standard InChI is InChI=1S/C24H27F3N6O/c1-2-17-10-19(13-21(11-17)31-6-8-32(9-7-31)22-14-34-15-22)29-23-28-16-33(30-23)20-5-3-4-18(12-20)24(25,26)27/h3-5,10-13,16,22H,2,6-9,14-15H2,1H3,(H,29,30). The van der Waals surface area contributed by atoms with Crippen molar-refractivity contribution in [1.29, 1.82) is 0 Å². The molecule has 0 amide bonds. The molecule has 0 atom stereocenters. The van der Waals surface area contributed by atoms with Gasteiger partial charge in [-0.1, -0.05) is 13.0 Å². The van der Waals surface area contributed by atoms with Gasteiger partial charge in [-0.05, 0) is 48.4 Å². The molecule has 0 bridgehead atoms. The molecule has 0 radical (unpaired) electrons. The molecule has 2 saturated heterocycles. The number of halogens is 3. The predicted octanol–water partition coefficient (Wildman–Crippen LogP) is 4.11. The Bertz CT molecular complexity index is 1140. The van der Waals surface area contributed by atoms with Gasteiger partial charge in [0.1, 0.15) is 6.33 Å². The van der Waals surface area contributed by atoms with Gasteiger partial charge in [-0.25, -0.2) is 4.68 Å². The maximum atomic E-state index is 13.1. The lowest BCUT2D eigenvalue weighted by atomic mass is 10.1. The molecule has 2 aromatic carbocycles. The summed E-state index contributed by atoms with van der Waals surface area (Å²) in [5.74, 6) is 0.325. The number of hydrogen-bond acceptors (Lipinski definition) is 6. The molecule has 2 aliphatic rings. The van der Waals surface area contributed by atoms with Crippen LogP contribution in [-0.2, 0) is 17.3 Å². The van der Waals surface area contributed by atoms with Gasteiger partial charge >= 0.3 is 6.18 Å². The van der Waals surface area contributed by atoms with Crippen molar-refractivity contribution in [3.8, 4) is 5.69 Å². The lowest BCUT2D eigenvalue weighted by Gasteiger charge is -2.43. The highest BCUT2D eigenvalue weighted by Gasteiger charge is 2.31. The lowest BCUT2D eigenvalue weighted by Crippen LogP contribution is -2.56. The topological polar surface area (TPSA) is 58.5 Å². The highest BCUT2D eigenvalue weighted by molar-refractivity contribution is 5.64. The quantitative estimate of drug-likeness (QED) is 0.583. The summed E-state index contributed by atoms with van der Waals surface area (Å²) in [7, 11) is 0. The molecule has 10 heteroatoms. The Hall–Kier alpha value is -3.11. The minimum absolute atomic E-state index is 0.299. The van der Waals surface area contributed by atoms with E-state index in [0.29, 0.717) is 17.7 Å². The molecule has 3 heterocycles. The molecule has 1 aromatic heterocycles. The summed E-state index contributed by atoms with van der Waals surface area (Å²) in [4.78, 5) is 9.13. The van der Waals surface area contributed by atoms with Gasteiger partial charge in [0.25, 0.3) is 0 Å². The van der Waals surface area contributed by atoms with Crippen molar-refractivity contribution in [2.24, 2.45) is 0 Å². The van der Waals surface area contributed by atoms with E-state index in [-0.39, 0.29) is 0 Å². The predicted molar refractivity (Wildman–Crippen MR) is 124 cm³/mol. The SMILES string of the molecule is CCc1cc(Nc2ncn(-c3cccc(C(F)(F)F)c3)n2)cc(N2CCN(C3COC3)CC2)c1. The zero-order chi connectivity index (χ0) is 23.7. The average molecular weight is 473 g/mol. The number of ether oxygens (including phenoxy) is 1. The van der Waals surface area contributed by atoms with Crippen molar-refractivity contribution < 1.29 is 17.9 Å². The van der Waals surface area contributed by atoms with Gasteiger partial charge in [0.15, 0.2) is 0 Å². The van der Waals surface area contributed by atoms with E-state index in [9.17, 15) is 13.2 Å². The Morgan fingerprint density at radius 3 is 2.50 bits per heavy atom. The third-order valence-corrected chi connectivity index (χ3v) is 6.39. The molecule has 0 saturated carbocycles. The molecule has 3 aromatic rings. The summed E-state index contributed by atoms with van der Waals surface area (Å²) >= 11 is 0.